The van der Waals surface area contributed by atoms with Crippen LogP contribution in [0.2, 0.25) is 0 Å². The van der Waals surface area contributed by atoms with Crippen molar-refractivity contribution >= 4 is 11.7 Å². The van der Waals surface area contributed by atoms with Crippen LogP contribution in [-0.4, -0.2) is 36.1 Å². The van der Waals surface area contributed by atoms with Gasteiger partial charge in [-0.25, -0.2) is 9.78 Å². The van der Waals surface area contributed by atoms with Crippen LogP contribution < -0.4 is 19.4 Å². The van der Waals surface area contributed by atoms with Gasteiger partial charge < -0.3 is 9.47 Å². The number of methoxy groups -OCH3 is 2. The summed E-state index contributed by atoms with van der Waals surface area (Å²) < 4.78 is 12.3. The van der Waals surface area contributed by atoms with E-state index in [1.165, 1.54) is 0 Å². The molecule has 5 rings (SSSR count). The third kappa shape index (κ3) is 4.20. The summed E-state index contributed by atoms with van der Waals surface area (Å²) in [4.78, 5) is 22.8. The van der Waals surface area contributed by atoms with E-state index in [-0.39, 0.29) is 5.91 Å². The van der Waals surface area contributed by atoms with Crippen LogP contribution in [0.15, 0.2) is 79.0 Å². The van der Waals surface area contributed by atoms with Crippen LogP contribution in [0.1, 0.15) is 21.6 Å². The molecule has 2 aromatic heterocycles. The fourth-order valence-electron chi connectivity index (χ4n) is 4.19. The monoisotopic (exact) mass is 453 g/mol. The summed E-state index contributed by atoms with van der Waals surface area (Å²) in [5.41, 5.74) is 4.49. The Morgan fingerprint density at radius 1 is 0.912 bits per heavy atom. The average Bonchev–Trinajstić information content (AvgIpc) is 3.20. The molecule has 2 aromatic carbocycles. The van der Waals surface area contributed by atoms with Crippen LogP contribution in [0.5, 0.6) is 11.8 Å². The molecule has 0 fully saturated rings. The molecule has 34 heavy (non-hydrogen) atoms. The zero-order valence-corrected chi connectivity index (χ0v) is 19.1. The molecule has 0 saturated heterocycles. The van der Waals surface area contributed by atoms with E-state index < -0.39 is 6.04 Å². The van der Waals surface area contributed by atoms with Crippen LogP contribution in [0, 0.1) is 0 Å². The van der Waals surface area contributed by atoms with Gasteiger partial charge in [0.1, 0.15) is 17.6 Å². The molecular weight excluding hydrogens is 428 g/mol. The van der Waals surface area contributed by atoms with Gasteiger partial charge in [0.05, 0.1) is 14.2 Å². The number of aromatic nitrogens is 3. The van der Waals surface area contributed by atoms with Gasteiger partial charge in [0.15, 0.2) is 6.04 Å². The second-order valence-corrected chi connectivity index (χ2v) is 8.08. The SMILES string of the molecule is COc1ccc(CC2Nc3c(Cc4ccccc4)nc(-c4ccccc4)c[n+]3C2=O)c(OC)n1. The van der Waals surface area contributed by atoms with Gasteiger partial charge >= 0.3 is 11.7 Å². The van der Waals surface area contributed by atoms with Crippen molar-refractivity contribution in [3.05, 3.63) is 95.8 Å². The van der Waals surface area contributed by atoms with E-state index in [2.05, 4.69) is 22.4 Å². The van der Waals surface area contributed by atoms with Gasteiger partial charge in [0.25, 0.3) is 0 Å². The number of ether oxygens (including phenoxy) is 2. The molecule has 7 nitrogen and oxygen atoms in total. The van der Waals surface area contributed by atoms with Crippen molar-refractivity contribution in [1.82, 2.24) is 9.97 Å². The molecule has 0 aliphatic carbocycles. The van der Waals surface area contributed by atoms with Crippen LogP contribution in [0.4, 0.5) is 5.82 Å². The normalized spacial score (nSPS) is 14.4. The summed E-state index contributed by atoms with van der Waals surface area (Å²) in [6.07, 6.45) is 2.85. The van der Waals surface area contributed by atoms with Crippen molar-refractivity contribution in [3.63, 3.8) is 0 Å². The first-order chi connectivity index (χ1) is 16.7. The highest BCUT2D eigenvalue weighted by atomic mass is 16.5. The highest BCUT2D eigenvalue weighted by molar-refractivity contribution is 5.83. The topological polar surface area (TPSA) is 77.2 Å². The molecule has 1 atom stereocenters. The number of pyridine rings is 1. The Hall–Kier alpha value is -4.26. The van der Waals surface area contributed by atoms with Crippen molar-refractivity contribution in [2.45, 2.75) is 18.9 Å². The fraction of sp³-hybridized carbons (Fsp3) is 0.185. The van der Waals surface area contributed by atoms with E-state index in [1.54, 1.807) is 24.9 Å². The summed E-state index contributed by atoms with van der Waals surface area (Å²) in [7, 11) is 3.12. The smallest absolute Gasteiger partial charge is 0.359 e. The van der Waals surface area contributed by atoms with Crippen molar-refractivity contribution in [2.75, 3.05) is 19.5 Å². The number of hydrogen-bond donors (Lipinski definition) is 1. The molecule has 0 amide bonds. The summed E-state index contributed by atoms with van der Waals surface area (Å²) in [5.74, 6) is 1.59. The number of rotatable bonds is 7. The Morgan fingerprint density at radius 2 is 1.65 bits per heavy atom. The molecular formula is C27H25N4O3+. The number of hydrogen-bond acceptors (Lipinski definition) is 6. The molecule has 1 aliphatic rings. The van der Waals surface area contributed by atoms with E-state index >= 15 is 0 Å². The minimum absolute atomic E-state index is 0.0400. The molecule has 1 N–H and O–H groups in total. The molecule has 4 aromatic rings. The maximum atomic E-state index is 13.5. The Balaban J connectivity index is 1.52. The van der Waals surface area contributed by atoms with Gasteiger partial charge in [0.2, 0.25) is 11.8 Å². The molecule has 3 heterocycles. The average molecular weight is 454 g/mol. The third-order valence-electron chi connectivity index (χ3n) is 5.89. The number of fused-ring (bicyclic) bond motifs is 1. The summed E-state index contributed by atoms with van der Waals surface area (Å²) in [6, 6.07) is 23.2. The van der Waals surface area contributed by atoms with Gasteiger partial charge in [-0.05, 0) is 11.6 Å². The first-order valence-corrected chi connectivity index (χ1v) is 11.1. The fourth-order valence-corrected chi connectivity index (χ4v) is 4.19. The van der Waals surface area contributed by atoms with E-state index in [1.807, 2.05) is 60.8 Å². The Labute approximate surface area is 198 Å². The number of benzene rings is 2. The van der Waals surface area contributed by atoms with E-state index in [4.69, 9.17) is 14.5 Å². The molecule has 1 unspecified atom stereocenters. The minimum Gasteiger partial charge on any atom is -0.481 e. The second-order valence-electron chi connectivity index (χ2n) is 8.08. The number of carbonyl (C=O) groups is 1. The van der Waals surface area contributed by atoms with Crippen molar-refractivity contribution in [2.24, 2.45) is 0 Å². The van der Waals surface area contributed by atoms with Crippen LogP contribution >= 0.6 is 0 Å². The van der Waals surface area contributed by atoms with E-state index in [9.17, 15) is 4.79 Å². The van der Waals surface area contributed by atoms with Gasteiger partial charge in [-0.3, -0.25) is 5.32 Å². The summed E-state index contributed by atoms with van der Waals surface area (Å²) in [6.45, 7) is 0. The van der Waals surface area contributed by atoms with Gasteiger partial charge in [-0.1, -0.05) is 60.7 Å². The van der Waals surface area contributed by atoms with E-state index in [0.29, 0.717) is 24.6 Å². The van der Waals surface area contributed by atoms with Crippen LogP contribution in [-0.2, 0) is 12.8 Å². The van der Waals surface area contributed by atoms with Crippen LogP contribution in [0.25, 0.3) is 11.3 Å². The van der Waals surface area contributed by atoms with Gasteiger partial charge in [-0.15, -0.1) is 0 Å². The maximum absolute atomic E-state index is 13.5. The number of nitrogens with zero attached hydrogens (tertiary/aromatic N) is 3. The molecule has 0 bridgehead atoms. The largest absolute Gasteiger partial charge is 0.481 e. The molecule has 7 heteroatoms. The van der Waals surface area contributed by atoms with Crippen molar-refractivity contribution in [3.8, 4) is 23.0 Å². The molecule has 1 aliphatic heterocycles. The number of carbonyl (C=O) groups excluding carboxylic acids is 1. The number of anilines is 1. The maximum Gasteiger partial charge on any atom is 0.359 e. The third-order valence-corrected chi connectivity index (χ3v) is 5.89. The summed E-state index contributed by atoms with van der Waals surface area (Å²) >= 11 is 0. The van der Waals surface area contributed by atoms with E-state index in [0.717, 1.165) is 33.9 Å². The van der Waals surface area contributed by atoms with Gasteiger partial charge in [-0.2, -0.15) is 9.55 Å². The highest BCUT2D eigenvalue weighted by Gasteiger charge is 2.41. The highest BCUT2D eigenvalue weighted by Crippen LogP contribution is 2.27. The minimum atomic E-state index is -0.466. The van der Waals surface area contributed by atoms with Crippen molar-refractivity contribution in [1.29, 1.82) is 0 Å². The standard InChI is InChI=1S/C27H24N4O3/c1-33-24-14-13-20(26(30-24)34-2)16-22-27(32)31-17-23(19-11-7-4-8-12-19)28-21(25(31)29-22)15-18-9-5-3-6-10-18/h3-14,17,22H,15-16H2,1-2H3/p+1. The number of nitrogens with one attached hydrogen (secondary N) is 1. The molecule has 0 radical (unpaired) electrons. The first kappa shape index (κ1) is 21.6. The lowest BCUT2D eigenvalue weighted by atomic mass is 10.1. The lowest BCUT2D eigenvalue weighted by Crippen LogP contribution is -2.44. The quantitative estimate of drug-likeness (QED) is 0.430. The Kier molecular flexibility index (Phi) is 5.91. The second kappa shape index (κ2) is 9.31. The lowest BCUT2D eigenvalue weighted by Gasteiger charge is -2.10. The Bertz CT molecular complexity index is 1330. The zero-order chi connectivity index (χ0) is 23.5. The predicted molar refractivity (Wildman–Crippen MR) is 128 cm³/mol. The first-order valence-electron chi connectivity index (χ1n) is 11.1. The predicted octanol–water partition coefficient (Wildman–Crippen LogP) is 3.72. The summed E-state index contributed by atoms with van der Waals surface area (Å²) in [5, 5.41) is 3.42. The molecule has 0 saturated carbocycles. The molecule has 170 valence electrons. The van der Waals surface area contributed by atoms with Crippen LogP contribution in [0.3, 0.4) is 0 Å². The molecule has 0 spiro atoms. The zero-order valence-electron chi connectivity index (χ0n) is 19.1. The lowest BCUT2D eigenvalue weighted by molar-refractivity contribution is -0.552. The van der Waals surface area contributed by atoms with Crippen molar-refractivity contribution < 1.29 is 18.8 Å². The Morgan fingerprint density at radius 3 is 2.35 bits per heavy atom. The van der Waals surface area contributed by atoms with Gasteiger partial charge in [0, 0.05) is 30.0 Å².